The fourth-order valence-electron chi connectivity index (χ4n) is 2.43. The van der Waals surface area contributed by atoms with Crippen molar-refractivity contribution in [3.05, 3.63) is 64.7 Å². The summed E-state index contributed by atoms with van der Waals surface area (Å²) in [7, 11) is 0. The third kappa shape index (κ3) is 4.23. The van der Waals surface area contributed by atoms with E-state index in [2.05, 4.69) is 10.4 Å². The monoisotopic (exact) mass is 377 g/mol. The van der Waals surface area contributed by atoms with E-state index >= 15 is 0 Å². The number of hydrogen-bond donors (Lipinski definition) is 1. The number of nitrogens with zero attached hydrogens (tertiary/aromatic N) is 2. The van der Waals surface area contributed by atoms with Crippen LogP contribution in [0.3, 0.4) is 0 Å². The number of carbonyl (C=O) groups is 2. The molecule has 1 aliphatic rings. The maximum absolute atomic E-state index is 13.2. The fraction of sp³-hybridized carbons (Fsp3) is 0.167. The van der Waals surface area contributed by atoms with Crippen LogP contribution in [-0.2, 0) is 16.1 Å². The number of carbonyl (C=O) groups excluding carboxylic acids is 2. The molecule has 0 atom stereocenters. The smallest absolute Gasteiger partial charge is 0.271 e. The van der Waals surface area contributed by atoms with Crippen molar-refractivity contribution in [1.29, 1.82) is 0 Å². The summed E-state index contributed by atoms with van der Waals surface area (Å²) in [5.41, 5.74) is 1.19. The molecule has 2 aromatic rings. The fourth-order valence-corrected chi connectivity index (χ4v) is 2.61. The molecular formula is C18H14ClF2N3O2. The lowest BCUT2D eigenvalue weighted by Gasteiger charge is -2.23. The lowest BCUT2D eigenvalue weighted by Crippen LogP contribution is -2.36. The Hall–Kier alpha value is -2.80. The van der Waals surface area contributed by atoms with Crippen LogP contribution in [0.15, 0.2) is 47.6 Å². The third-order valence-electron chi connectivity index (χ3n) is 3.79. The van der Waals surface area contributed by atoms with E-state index < -0.39 is 11.7 Å². The number of amides is 2. The molecule has 3 rings (SSSR count). The Morgan fingerprint density at radius 1 is 1.15 bits per heavy atom. The van der Waals surface area contributed by atoms with Gasteiger partial charge in [-0.2, -0.15) is 5.10 Å². The molecule has 0 aliphatic carbocycles. The minimum absolute atomic E-state index is 0.110. The molecule has 26 heavy (non-hydrogen) atoms. The average molecular weight is 378 g/mol. The third-order valence-corrected chi connectivity index (χ3v) is 4.08. The van der Waals surface area contributed by atoms with Crippen LogP contribution in [0.4, 0.5) is 14.5 Å². The van der Waals surface area contributed by atoms with E-state index in [1.807, 2.05) is 0 Å². The van der Waals surface area contributed by atoms with E-state index in [4.69, 9.17) is 11.6 Å². The van der Waals surface area contributed by atoms with Crippen LogP contribution in [0, 0.1) is 11.6 Å². The summed E-state index contributed by atoms with van der Waals surface area (Å²) in [5.74, 6) is -1.68. The normalized spacial score (nSPS) is 14.2. The van der Waals surface area contributed by atoms with Crippen molar-refractivity contribution in [2.24, 2.45) is 5.10 Å². The van der Waals surface area contributed by atoms with Crippen molar-refractivity contribution >= 4 is 34.8 Å². The van der Waals surface area contributed by atoms with Gasteiger partial charge in [0.05, 0.1) is 11.6 Å². The molecule has 8 heteroatoms. The molecule has 5 nitrogen and oxygen atoms in total. The molecule has 1 N–H and O–H groups in total. The minimum atomic E-state index is -0.587. The summed E-state index contributed by atoms with van der Waals surface area (Å²) in [6, 6.07) is 9.49. The Morgan fingerprint density at radius 3 is 2.58 bits per heavy atom. The van der Waals surface area contributed by atoms with Crippen molar-refractivity contribution in [2.45, 2.75) is 19.4 Å². The summed E-state index contributed by atoms with van der Waals surface area (Å²) in [5, 5.41) is 7.76. The van der Waals surface area contributed by atoms with E-state index in [9.17, 15) is 18.4 Å². The van der Waals surface area contributed by atoms with Gasteiger partial charge in [-0.1, -0.05) is 23.7 Å². The molecule has 1 aliphatic heterocycles. The summed E-state index contributed by atoms with van der Waals surface area (Å²) in [6.45, 7) is 0.137. The largest absolute Gasteiger partial charge is 0.321 e. The van der Waals surface area contributed by atoms with Crippen LogP contribution in [0.2, 0.25) is 5.02 Å². The van der Waals surface area contributed by atoms with Gasteiger partial charge < -0.3 is 5.32 Å². The number of anilines is 1. The molecular weight excluding hydrogens is 364 g/mol. The van der Waals surface area contributed by atoms with E-state index in [1.165, 1.54) is 29.3 Å². The first-order valence-electron chi connectivity index (χ1n) is 7.81. The van der Waals surface area contributed by atoms with Gasteiger partial charge in [-0.25, -0.2) is 13.8 Å². The van der Waals surface area contributed by atoms with Crippen molar-refractivity contribution in [3.63, 3.8) is 0 Å². The van der Waals surface area contributed by atoms with Gasteiger partial charge in [-0.05, 0) is 35.9 Å². The number of hydrogen-bond acceptors (Lipinski definition) is 3. The van der Waals surface area contributed by atoms with Gasteiger partial charge in [-0.3, -0.25) is 9.59 Å². The van der Waals surface area contributed by atoms with Crippen molar-refractivity contribution < 1.29 is 18.4 Å². The van der Waals surface area contributed by atoms with Crippen LogP contribution < -0.4 is 5.32 Å². The van der Waals surface area contributed by atoms with Crippen molar-refractivity contribution in [2.75, 3.05) is 5.32 Å². The van der Waals surface area contributed by atoms with Crippen LogP contribution in [0.5, 0.6) is 0 Å². The molecule has 1 heterocycles. The summed E-state index contributed by atoms with van der Waals surface area (Å²) in [6.07, 6.45) is 0.330. The van der Waals surface area contributed by atoms with E-state index in [0.29, 0.717) is 11.3 Å². The van der Waals surface area contributed by atoms with Crippen LogP contribution in [0.25, 0.3) is 0 Å². The number of benzene rings is 2. The lowest BCUT2D eigenvalue weighted by molar-refractivity contribution is -0.132. The van der Waals surface area contributed by atoms with Gasteiger partial charge in [0, 0.05) is 18.5 Å². The SMILES string of the molecule is O=C(Nc1ccc(F)c(Cl)c1)C1=NN(Cc2ccc(F)cc2)C(=O)CC1. The summed E-state index contributed by atoms with van der Waals surface area (Å²) in [4.78, 5) is 24.4. The predicted molar refractivity (Wildman–Crippen MR) is 93.7 cm³/mol. The second kappa shape index (κ2) is 7.61. The highest BCUT2D eigenvalue weighted by Crippen LogP contribution is 2.20. The first-order chi connectivity index (χ1) is 12.4. The number of halogens is 3. The molecule has 0 saturated heterocycles. The number of hydrazone groups is 1. The first-order valence-corrected chi connectivity index (χ1v) is 8.19. The Morgan fingerprint density at radius 2 is 1.88 bits per heavy atom. The Balaban J connectivity index is 1.73. The number of nitrogens with one attached hydrogen (secondary N) is 1. The zero-order chi connectivity index (χ0) is 18.7. The Labute approximate surface area is 153 Å². The first kappa shape index (κ1) is 18.0. The molecule has 0 fully saturated rings. The van der Waals surface area contributed by atoms with E-state index in [1.54, 1.807) is 12.1 Å². The number of rotatable bonds is 4. The summed E-state index contributed by atoms with van der Waals surface area (Å²) < 4.78 is 26.2. The standard InChI is InChI=1S/C18H14ClF2N3O2/c19-14-9-13(5-6-15(14)21)22-18(26)16-7-8-17(25)24(23-16)10-11-1-3-12(20)4-2-11/h1-6,9H,7-8,10H2,(H,22,26). The molecule has 0 bridgehead atoms. The molecule has 0 unspecified atom stereocenters. The van der Waals surface area contributed by atoms with Crippen LogP contribution in [0.1, 0.15) is 18.4 Å². The lowest BCUT2D eigenvalue weighted by atomic mass is 10.1. The Bertz CT molecular complexity index is 885. The molecule has 2 amide bonds. The second-order valence-corrected chi connectivity index (χ2v) is 6.11. The average Bonchev–Trinajstić information content (AvgIpc) is 2.62. The van der Waals surface area contributed by atoms with E-state index in [0.717, 1.165) is 6.07 Å². The highest BCUT2D eigenvalue weighted by molar-refractivity contribution is 6.43. The Kier molecular flexibility index (Phi) is 5.27. The maximum atomic E-state index is 13.2. The van der Waals surface area contributed by atoms with Gasteiger partial charge in [0.25, 0.3) is 5.91 Å². The van der Waals surface area contributed by atoms with Gasteiger partial charge >= 0.3 is 0 Å². The molecule has 0 radical (unpaired) electrons. The van der Waals surface area contributed by atoms with Gasteiger partial charge in [-0.15, -0.1) is 0 Å². The highest BCUT2D eigenvalue weighted by atomic mass is 35.5. The van der Waals surface area contributed by atoms with Gasteiger partial charge in [0.1, 0.15) is 17.3 Å². The van der Waals surface area contributed by atoms with Crippen molar-refractivity contribution in [3.8, 4) is 0 Å². The minimum Gasteiger partial charge on any atom is -0.321 e. The van der Waals surface area contributed by atoms with Crippen molar-refractivity contribution in [1.82, 2.24) is 5.01 Å². The second-order valence-electron chi connectivity index (χ2n) is 5.71. The van der Waals surface area contributed by atoms with Crippen LogP contribution >= 0.6 is 11.6 Å². The zero-order valence-corrected chi connectivity index (χ0v) is 14.3. The summed E-state index contributed by atoms with van der Waals surface area (Å²) >= 11 is 5.69. The zero-order valence-electron chi connectivity index (χ0n) is 13.5. The molecule has 2 aromatic carbocycles. The highest BCUT2D eigenvalue weighted by Gasteiger charge is 2.24. The molecule has 134 valence electrons. The molecule has 0 aromatic heterocycles. The quantitative estimate of drug-likeness (QED) is 0.882. The van der Waals surface area contributed by atoms with Gasteiger partial charge in [0.15, 0.2) is 0 Å². The van der Waals surface area contributed by atoms with Gasteiger partial charge in [0.2, 0.25) is 5.91 Å². The van der Waals surface area contributed by atoms with Crippen LogP contribution in [-0.4, -0.2) is 22.5 Å². The van der Waals surface area contributed by atoms with E-state index in [-0.39, 0.29) is 41.8 Å². The maximum Gasteiger partial charge on any atom is 0.271 e. The molecule has 0 saturated carbocycles. The topological polar surface area (TPSA) is 61.8 Å². The molecule has 0 spiro atoms. The predicted octanol–water partition coefficient (Wildman–Crippen LogP) is 3.74.